The summed E-state index contributed by atoms with van der Waals surface area (Å²) in [7, 11) is 1.55. The van der Waals surface area contributed by atoms with Crippen LogP contribution in [0.3, 0.4) is 0 Å². The number of carbonyl (C=O) groups excluding carboxylic acids is 2. The lowest BCUT2D eigenvalue weighted by molar-refractivity contribution is -0.147. The van der Waals surface area contributed by atoms with Crippen molar-refractivity contribution in [1.29, 1.82) is 0 Å². The monoisotopic (exact) mass is 251 g/mol. The van der Waals surface area contributed by atoms with Gasteiger partial charge in [-0.05, 0) is 18.6 Å². The van der Waals surface area contributed by atoms with Crippen LogP contribution in [0.2, 0.25) is 0 Å². The van der Waals surface area contributed by atoms with Crippen LogP contribution >= 0.6 is 0 Å². The fourth-order valence-electron chi connectivity index (χ4n) is 1.32. The van der Waals surface area contributed by atoms with E-state index in [1.165, 1.54) is 0 Å². The standard InChI is InChI=1S/C13H17NO4/c1-3-5-13(16)18-9-12(15)14-10-6-4-7-11(8-10)17-2/h4,6-8H,3,5,9H2,1-2H3,(H,14,15). The normalized spacial score (nSPS) is 9.67. The van der Waals surface area contributed by atoms with Gasteiger partial charge < -0.3 is 14.8 Å². The summed E-state index contributed by atoms with van der Waals surface area (Å²) in [5, 5.41) is 2.62. The van der Waals surface area contributed by atoms with Crippen molar-refractivity contribution in [1.82, 2.24) is 0 Å². The molecule has 1 amide bonds. The molecule has 0 aromatic heterocycles. The van der Waals surface area contributed by atoms with Gasteiger partial charge >= 0.3 is 5.97 Å². The first-order chi connectivity index (χ1) is 8.65. The second kappa shape index (κ2) is 7.32. The van der Waals surface area contributed by atoms with Crippen molar-refractivity contribution in [3.05, 3.63) is 24.3 Å². The first-order valence-electron chi connectivity index (χ1n) is 5.75. The summed E-state index contributed by atoms with van der Waals surface area (Å²) in [6.07, 6.45) is 1.03. The van der Waals surface area contributed by atoms with Crippen molar-refractivity contribution in [3.8, 4) is 5.75 Å². The van der Waals surface area contributed by atoms with Gasteiger partial charge in [-0.25, -0.2) is 0 Å². The average molecular weight is 251 g/mol. The summed E-state index contributed by atoms with van der Waals surface area (Å²) < 4.78 is 9.82. The van der Waals surface area contributed by atoms with Crippen molar-refractivity contribution >= 4 is 17.6 Å². The lowest BCUT2D eigenvalue weighted by atomic mass is 10.3. The molecule has 0 saturated carbocycles. The van der Waals surface area contributed by atoms with Gasteiger partial charge in [0.1, 0.15) is 5.75 Å². The van der Waals surface area contributed by atoms with E-state index >= 15 is 0 Å². The predicted octanol–water partition coefficient (Wildman–Crippen LogP) is 1.98. The molecule has 0 aliphatic rings. The van der Waals surface area contributed by atoms with Crippen molar-refractivity contribution in [3.63, 3.8) is 0 Å². The maximum absolute atomic E-state index is 11.5. The molecule has 0 aliphatic carbocycles. The van der Waals surface area contributed by atoms with E-state index in [1.807, 2.05) is 6.92 Å². The van der Waals surface area contributed by atoms with Gasteiger partial charge in [-0.2, -0.15) is 0 Å². The third-order valence-corrected chi connectivity index (χ3v) is 2.17. The molecule has 0 atom stereocenters. The lowest BCUT2D eigenvalue weighted by Gasteiger charge is -2.07. The first-order valence-corrected chi connectivity index (χ1v) is 5.75. The second-order valence-electron chi connectivity index (χ2n) is 3.69. The maximum Gasteiger partial charge on any atom is 0.306 e. The molecule has 98 valence electrons. The van der Waals surface area contributed by atoms with Gasteiger partial charge in [0, 0.05) is 18.2 Å². The summed E-state index contributed by atoms with van der Waals surface area (Å²) >= 11 is 0. The van der Waals surface area contributed by atoms with Crippen molar-refractivity contribution < 1.29 is 19.1 Å². The highest BCUT2D eigenvalue weighted by Crippen LogP contribution is 2.16. The van der Waals surface area contributed by atoms with Crippen molar-refractivity contribution in [2.24, 2.45) is 0 Å². The van der Waals surface area contributed by atoms with Crippen LogP contribution in [0.1, 0.15) is 19.8 Å². The molecule has 0 spiro atoms. The highest BCUT2D eigenvalue weighted by Gasteiger charge is 2.07. The Kier molecular flexibility index (Phi) is 5.70. The summed E-state index contributed by atoms with van der Waals surface area (Å²) in [6, 6.07) is 6.95. The maximum atomic E-state index is 11.5. The zero-order valence-electron chi connectivity index (χ0n) is 10.6. The number of rotatable bonds is 6. The van der Waals surface area contributed by atoms with E-state index in [0.717, 1.165) is 0 Å². The number of hydrogen-bond donors (Lipinski definition) is 1. The number of nitrogens with one attached hydrogen (secondary N) is 1. The Morgan fingerprint density at radius 1 is 1.33 bits per heavy atom. The third-order valence-electron chi connectivity index (χ3n) is 2.17. The number of hydrogen-bond acceptors (Lipinski definition) is 4. The molecule has 0 radical (unpaired) electrons. The summed E-state index contributed by atoms with van der Waals surface area (Å²) in [5.74, 6) is -0.0817. The third kappa shape index (κ3) is 4.86. The Bertz CT molecular complexity index is 417. The number of anilines is 1. The van der Waals surface area contributed by atoms with E-state index in [0.29, 0.717) is 24.3 Å². The molecule has 5 heteroatoms. The van der Waals surface area contributed by atoms with Crippen LogP contribution in [0.15, 0.2) is 24.3 Å². The van der Waals surface area contributed by atoms with Crippen molar-refractivity contribution in [2.45, 2.75) is 19.8 Å². The molecular formula is C13H17NO4. The van der Waals surface area contributed by atoms with Gasteiger partial charge in [-0.1, -0.05) is 13.0 Å². The minimum absolute atomic E-state index is 0.268. The van der Waals surface area contributed by atoms with Gasteiger partial charge in [-0.3, -0.25) is 9.59 Å². The molecule has 0 unspecified atom stereocenters. The highest BCUT2D eigenvalue weighted by atomic mass is 16.5. The van der Waals surface area contributed by atoms with E-state index in [2.05, 4.69) is 5.32 Å². The van der Waals surface area contributed by atoms with Crippen LogP contribution in [0.4, 0.5) is 5.69 Å². The van der Waals surface area contributed by atoms with Gasteiger partial charge in [0.15, 0.2) is 6.61 Å². The Hall–Kier alpha value is -2.04. The molecule has 0 fully saturated rings. The molecule has 0 saturated heterocycles. The number of esters is 1. The van der Waals surface area contributed by atoms with Crippen LogP contribution in [0.5, 0.6) is 5.75 Å². The number of benzene rings is 1. The fraction of sp³-hybridized carbons (Fsp3) is 0.385. The highest BCUT2D eigenvalue weighted by molar-refractivity contribution is 5.92. The van der Waals surface area contributed by atoms with Crippen molar-refractivity contribution in [2.75, 3.05) is 19.0 Å². The minimum atomic E-state index is -0.368. The zero-order chi connectivity index (χ0) is 13.4. The van der Waals surface area contributed by atoms with E-state index in [9.17, 15) is 9.59 Å². The molecule has 1 rings (SSSR count). The summed E-state index contributed by atoms with van der Waals surface area (Å²) in [6.45, 7) is 1.60. The molecule has 0 heterocycles. The Labute approximate surface area is 106 Å². The quantitative estimate of drug-likeness (QED) is 0.785. The SMILES string of the molecule is CCCC(=O)OCC(=O)Nc1cccc(OC)c1. The van der Waals surface area contributed by atoms with Crippen LogP contribution in [0, 0.1) is 0 Å². The van der Waals surface area contributed by atoms with Gasteiger partial charge in [0.05, 0.1) is 7.11 Å². The predicted molar refractivity (Wildman–Crippen MR) is 67.5 cm³/mol. The number of ether oxygens (including phenoxy) is 2. The fourth-order valence-corrected chi connectivity index (χ4v) is 1.32. The Balaban J connectivity index is 2.42. The molecule has 18 heavy (non-hydrogen) atoms. The molecule has 1 aromatic rings. The summed E-state index contributed by atoms with van der Waals surface area (Å²) in [4.78, 5) is 22.6. The molecule has 0 aliphatic heterocycles. The minimum Gasteiger partial charge on any atom is -0.497 e. The van der Waals surface area contributed by atoms with Crippen LogP contribution in [-0.2, 0) is 14.3 Å². The van der Waals surface area contributed by atoms with E-state index in [4.69, 9.17) is 9.47 Å². The smallest absolute Gasteiger partial charge is 0.306 e. The van der Waals surface area contributed by atoms with Crippen LogP contribution < -0.4 is 10.1 Å². The number of methoxy groups -OCH3 is 1. The number of amides is 1. The average Bonchev–Trinajstić information content (AvgIpc) is 2.37. The first kappa shape index (κ1) is 14.0. The van der Waals surface area contributed by atoms with Gasteiger partial charge in [-0.15, -0.1) is 0 Å². The second-order valence-corrected chi connectivity index (χ2v) is 3.69. The van der Waals surface area contributed by atoms with Gasteiger partial charge in [0.2, 0.25) is 0 Å². The number of carbonyl (C=O) groups is 2. The zero-order valence-corrected chi connectivity index (χ0v) is 10.6. The molecule has 0 bridgehead atoms. The van der Waals surface area contributed by atoms with Crippen LogP contribution in [0.25, 0.3) is 0 Å². The van der Waals surface area contributed by atoms with E-state index in [1.54, 1.807) is 31.4 Å². The van der Waals surface area contributed by atoms with E-state index < -0.39 is 0 Å². The molecule has 1 aromatic carbocycles. The largest absolute Gasteiger partial charge is 0.497 e. The molecule has 1 N–H and O–H groups in total. The Morgan fingerprint density at radius 3 is 2.78 bits per heavy atom. The lowest BCUT2D eigenvalue weighted by Crippen LogP contribution is -2.20. The molecular weight excluding hydrogens is 234 g/mol. The van der Waals surface area contributed by atoms with Crippen LogP contribution in [-0.4, -0.2) is 25.6 Å². The summed E-state index contributed by atoms with van der Waals surface area (Å²) in [5.41, 5.74) is 0.603. The topological polar surface area (TPSA) is 64.6 Å². The molecule has 5 nitrogen and oxygen atoms in total. The van der Waals surface area contributed by atoms with E-state index in [-0.39, 0.29) is 18.5 Å². The van der Waals surface area contributed by atoms with Gasteiger partial charge in [0.25, 0.3) is 5.91 Å². The Morgan fingerprint density at radius 2 is 2.11 bits per heavy atom.